The number of hydrogen-bond donors (Lipinski definition) is 1. The number of anilines is 1. The monoisotopic (exact) mass is 403 g/mol. The van der Waals surface area contributed by atoms with Crippen LogP contribution < -0.4 is 10.2 Å². The van der Waals surface area contributed by atoms with Crippen molar-refractivity contribution in [2.75, 3.05) is 24.2 Å². The van der Waals surface area contributed by atoms with E-state index in [1.54, 1.807) is 6.20 Å². The third kappa shape index (κ3) is 5.08. The number of amides is 1. The molecule has 0 radical (unpaired) electrons. The Kier molecular flexibility index (Phi) is 6.00. The minimum absolute atomic E-state index is 0.165. The van der Waals surface area contributed by atoms with E-state index in [0.29, 0.717) is 12.1 Å². The zero-order valence-electron chi connectivity index (χ0n) is 16.3. The Labute approximate surface area is 165 Å². The van der Waals surface area contributed by atoms with Gasteiger partial charge in [0.05, 0.1) is 17.1 Å². The smallest absolute Gasteiger partial charge is 0.251 e. The molecule has 2 heterocycles. The van der Waals surface area contributed by atoms with Gasteiger partial charge in [0, 0.05) is 37.7 Å². The maximum absolute atomic E-state index is 12.3. The molecule has 28 heavy (non-hydrogen) atoms. The van der Waals surface area contributed by atoms with E-state index in [4.69, 9.17) is 4.74 Å². The molecule has 0 aliphatic carbocycles. The highest BCUT2D eigenvalue weighted by Gasteiger charge is 2.23. The molecule has 7 nitrogen and oxygen atoms in total. The van der Waals surface area contributed by atoms with Gasteiger partial charge < -0.3 is 15.0 Å². The van der Waals surface area contributed by atoms with Crippen molar-refractivity contribution in [2.24, 2.45) is 0 Å². The summed E-state index contributed by atoms with van der Waals surface area (Å²) in [5, 5.41) is 2.82. The van der Waals surface area contributed by atoms with Crippen LogP contribution in [0.25, 0.3) is 0 Å². The van der Waals surface area contributed by atoms with E-state index in [-0.39, 0.29) is 23.0 Å². The second kappa shape index (κ2) is 8.28. The summed E-state index contributed by atoms with van der Waals surface area (Å²) in [5.41, 5.74) is 1.30. The third-order valence-corrected chi connectivity index (χ3v) is 5.68. The van der Waals surface area contributed by atoms with Crippen molar-refractivity contribution in [2.45, 2.75) is 37.5 Å². The Balaban J connectivity index is 1.58. The second-order valence-corrected chi connectivity index (χ2v) is 9.18. The fourth-order valence-electron chi connectivity index (χ4n) is 3.21. The van der Waals surface area contributed by atoms with Gasteiger partial charge in [-0.2, -0.15) is 0 Å². The van der Waals surface area contributed by atoms with Crippen LogP contribution >= 0.6 is 0 Å². The van der Waals surface area contributed by atoms with Crippen LogP contribution in [-0.2, 0) is 21.1 Å². The van der Waals surface area contributed by atoms with E-state index < -0.39 is 9.84 Å². The number of benzene rings is 1. The van der Waals surface area contributed by atoms with Crippen molar-refractivity contribution in [3.63, 3.8) is 0 Å². The van der Waals surface area contributed by atoms with E-state index in [0.717, 1.165) is 30.7 Å². The first-order valence-electron chi connectivity index (χ1n) is 9.16. The molecule has 1 aromatic heterocycles. The minimum Gasteiger partial charge on any atom is -0.372 e. The Bertz CT molecular complexity index is 917. The summed E-state index contributed by atoms with van der Waals surface area (Å²) in [6, 6.07) is 9.78. The molecule has 2 atom stereocenters. The molecule has 2 aromatic rings. The number of nitrogens with one attached hydrogen (secondary N) is 1. The van der Waals surface area contributed by atoms with Gasteiger partial charge in [0.2, 0.25) is 0 Å². The van der Waals surface area contributed by atoms with Crippen LogP contribution in [0.2, 0.25) is 0 Å². The zero-order valence-corrected chi connectivity index (χ0v) is 17.1. The van der Waals surface area contributed by atoms with Gasteiger partial charge in [0.25, 0.3) is 5.91 Å². The fourth-order valence-corrected chi connectivity index (χ4v) is 3.84. The van der Waals surface area contributed by atoms with Crippen LogP contribution in [0.4, 0.5) is 5.82 Å². The molecular formula is C20H25N3O4S. The highest BCUT2D eigenvalue weighted by Crippen LogP contribution is 2.18. The molecular weight excluding hydrogens is 378 g/mol. The molecule has 0 saturated carbocycles. The number of sulfone groups is 1. The van der Waals surface area contributed by atoms with E-state index in [2.05, 4.69) is 29.0 Å². The molecule has 1 aliphatic rings. The molecule has 8 heteroatoms. The van der Waals surface area contributed by atoms with Gasteiger partial charge in [-0.05, 0) is 49.7 Å². The zero-order chi connectivity index (χ0) is 20.3. The van der Waals surface area contributed by atoms with E-state index in [9.17, 15) is 13.2 Å². The highest BCUT2D eigenvalue weighted by molar-refractivity contribution is 7.90. The van der Waals surface area contributed by atoms with Gasteiger partial charge in [0.1, 0.15) is 5.82 Å². The van der Waals surface area contributed by atoms with Crippen LogP contribution in [0, 0.1) is 0 Å². The van der Waals surface area contributed by atoms with Crippen LogP contribution in [0.5, 0.6) is 0 Å². The van der Waals surface area contributed by atoms with Crippen molar-refractivity contribution in [3.8, 4) is 0 Å². The van der Waals surface area contributed by atoms with E-state index in [1.165, 1.54) is 24.3 Å². The third-order valence-electron chi connectivity index (χ3n) is 4.55. The Hall–Kier alpha value is -2.45. The molecule has 2 unspecified atom stereocenters. The van der Waals surface area contributed by atoms with Gasteiger partial charge in [0.15, 0.2) is 9.84 Å². The minimum atomic E-state index is -3.27. The quantitative estimate of drug-likeness (QED) is 0.822. The number of hydrogen-bond acceptors (Lipinski definition) is 6. The lowest BCUT2D eigenvalue weighted by Crippen LogP contribution is -2.45. The lowest BCUT2D eigenvalue weighted by atomic mass is 10.2. The van der Waals surface area contributed by atoms with Gasteiger partial charge in [-0.15, -0.1) is 0 Å². The summed E-state index contributed by atoms with van der Waals surface area (Å²) >= 11 is 0. The summed E-state index contributed by atoms with van der Waals surface area (Å²) in [6.45, 7) is 6.05. The second-order valence-electron chi connectivity index (χ2n) is 7.17. The van der Waals surface area contributed by atoms with Crippen LogP contribution in [0.15, 0.2) is 47.5 Å². The number of ether oxygens (including phenoxy) is 1. The van der Waals surface area contributed by atoms with Gasteiger partial charge >= 0.3 is 0 Å². The SMILES string of the molecule is CC1CN(c2ccc(CNC(=O)c3ccc(S(C)(=O)=O)cc3)cn2)CC(C)O1. The first-order chi connectivity index (χ1) is 13.2. The molecule has 1 N–H and O–H groups in total. The van der Waals surface area contributed by atoms with E-state index in [1.807, 2.05) is 12.1 Å². The summed E-state index contributed by atoms with van der Waals surface area (Å²) in [6.07, 6.45) is 3.22. The number of carbonyl (C=O) groups is 1. The molecule has 1 amide bonds. The van der Waals surface area contributed by atoms with Gasteiger partial charge in [-0.3, -0.25) is 4.79 Å². The molecule has 1 saturated heterocycles. The van der Waals surface area contributed by atoms with Crippen molar-refractivity contribution in [3.05, 3.63) is 53.7 Å². The lowest BCUT2D eigenvalue weighted by molar-refractivity contribution is -0.00546. The number of carbonyl (C=O) groups excluding carboxylic acids is 1. The summed E-state index contributed by atoms with van der Waals surface area (Å²) < 4.78 is 28.7. The maximum atomic E-state index is 12.3. The fraction of sp³-hybridized carbons (Fsp3) is 0.400. The van der Waals surface area contributed by atoms with Crippen molar-refractivity contribution in [1.82, 2.24) is 10.3 Å². The molecule has 150 valence electrons. The summed E-state index contributed by atoms with van der Waals surface area (Å²) in [7, 11) is -3.27. The van der Waals surface area contributed by atoms with Crippen LogP contribution in [0.1, 0.15) is 29.8 Å². The molecule has 1 aliphatic heterocycles. The predicted molar refractivity (Wildman–Crippen MR) is 107 cm³/mol. The van der Waals surface area contributed by atoms with Gasteiger partial charge in [-0.1, -0.05) is 6.07 Å². The van der Waals surface area contributed by atoms with Crippen LogP contribution in [0.3, 0.4) is 0 Å². The van der Waals surface area contributed by atoms with Crippen LogP contribution in [-0.4, -0.2) is 50.9 Å². The predicted octanol–water partition coefficient (Wildman–Crippen LogP) is 2.03. The molecule has 0 spiro atoms. The molecule has 1 fully saturated rings. The number of morpholine rings is 1. The first-order valence-corrected chi connectivity index (χ1v) is 11.0. The summed E-state index contributed by atoms with van der Waals surface area (Å²) in [4.78, 5) is 19.2. The molecule has 3 rings (SSSR count). The highest BCUT2D eigenvalue weighted by atomic mass is 32.2. The Morgan fingerprint density at radius 2 is 1.79 bits per heavy atom. The van der Waals surface area contributed by atoms with Crippen molar-refractivity contribution >= 4 is 21.6 Å². The van der Waals surface area contributed by atoms with Crippen molar-refractivity contribution in [1.29, 1.82) is 0 Å². The molecule has 0 bridgehead atoms. The summed E-state index contributed by atoms with van der Waals surface area (Å²) in [5.74, 6) is 0.633. The Morgan fingerprint density at radius 3 is 2.32 bits per heavy atom. The first kappa shape index (κ1) is 20.3. The average Bonchev–Trinajstić information content (AvgIpc) is 2.65. The molecule has 1 aromatic carbocycles. The van der Waals surface area contributed by atoms with E-state index >= 15 is 0 Å². The normalized spacial score (nSPS) is 20.0. The number of rotatable bonds is 5. The number of nitrogens with zero attached hydrogens (tertiary/aromatic N) is 2. The largest absolute Gasteiger partial charge is 0.372 e. The standard InChI is InChI=1S/C20H25N3O4S/c1-14-12-23(13-15(2)27-14)19-9-4-16(10-21-19)11-22-20(24)17-5-7-18(8-6-17)28(3,25)26/h4-10,14-15H,11-13H2,1-3H3,(H,22,24). The van der Waals surface area contributed by atoms with Gasteiger partial charge in [-0.25, -0.2) is 13.4 Å². The van der Waals surface area contributed by atoms with Crippen molar-refractivity contribution < 1.29 is 17.9 Å². The average molecular weight is 404 g/mol. The Morgan fingerprint density at radius 1 is 1.14 bits per heavy atom. The maximum Gasteiger partial charge on any atom is 0.251 e. The number of aromatic nitrogens is 1. The number of pyridine rings is 1. The lowest BCUT2D eigenvalue weighted by Gasteiger charge is -2.36. The topological polar surface area (TPSA) is 88.6 Å².